The zero-order chi connectivity index (χ0) is 20.6. The Morgan fingerprint density at radius 1 is 1.24 bits per heavy atom. The third-order valence-corrected chi connectivity index (χ3v) is 6.19. The minimum absolute atomic E-state index is 0.233. The second-order valence-electron chi connectivity index (χ2n) is 7.31. The summed E-state index contributed by atoms with van der Waals surface area (Å²) in [6.45, 7) is 9.81. The van der Waals surface area contributed by atoms with E-state index in [1.54, 1.807) is 11.3 Å². The lowest BCUT2D eigenvalue weighted by molar-refractivity contribution is -0.132. The van der Waals surface area contributed by atoms with E-state index in [4.69, 9.17) is 0 Å². The molecule has 6 nitrogen and oxygen atoms in total. The first-order chi connectivity index (χ1) is 14.1. The van der Waals surface area contributed by atoms with Crippen LogP contribution in [0.3, 0.4) is 0 Å². The van der Waals surface area contributed by atoms with Crippen molar-refractivity contribution >= 4 is 23.2 Å². The molecule has 1 aliphatic heterocycles. The molecule has 2 N–H and O–H groups in total. The van der Waals surface area contributed by atoms with Crippen molar-refractivity contribution in [2.45, 2.75) is 53.1 Å². The molecule has 0 saturated heterocycles. The first-order valence-corrected chi connectivity index (χ1v) is 11.2. The summed E-state index contributed by atoms with van der Waals surface area (Å²) in [6.07, 6.45) is 2.30. The lowest BCUT2D eigenvalue weighted by Gasteiger charge is -2.29. The van der Waals surface area contributed by atoms with E-state index >= 15 is 0 Å². The number of thiazole rings is 1. The fourth-order valence-electron chi connectivity index (χ4n) is 3.41. The van der Waals surface area contributed by atoms with Gasteiger partial charge in [-0.05, 0) is 44.7 Å². The van der Waals surface area contributed by atoms with Crippen LogP contribution in [0.25, 0.3) is 0 Å². The van der Waals surface area contributed by atoms with Crippen molar-refractivity contribution in [3.05, 3.63) is 51.0 Å². The van der Waals surface area contributed by atoms with Crippen molar-refractivity contribution in [1.82, 2.24) is 20.5 Å². The van der Waals surface area contributed by atoms with E-state index in [0.717, 1.165) is 55.7 Å². The van der Waals surface area contributed by atoms with Crippen LogP contribution in [0.4, 0.5) is 0 Å². The summed E-state index contributed by atoms with van der Waals surface area (Å²) in [6, 6.07) is 8.41. The number of fused-ring (bicyclic) bond motifs is 1. The van der Waals surface area contributed by atoms with Crippen molar-refractivity contribution < 1.29 is 4.79 Å². The number of aryl methyl sites for hydroxylation is 2. The van der Waals surface area contributed by atoms with E-state index in [-0.39, 0.29) is 5.91 Å². The highest BCUT2D eigenvalue weighted by Gasteiger charge is 2.19. The molecular formula is C22H31N5OS. The van der Waals surface area contributed by atoms with Gasteiger partial charge in [-0.15, -0.1) is 11.3 Å². The average Bonchev–Trinajstić information content (AvgIpc) is 3.06. The number of carbonyl (C=O) groups is 1. The summed E-state index contributed by atoms with van der Waals surface area (Å²) < 4.78 is 0. The van der Waals surface area contributed by atoms with E-state index in [1.807, 2.05) is 24.8 Å². The van der Waals surface area contributed by atoms with Gasteiger partial charge in [0, 0.05) is 37.5 Å². The molecule has 0 spiro atoms. The molecule has 2 aromatic rings. The first-order valence-electron chi connectivity index (χ1n) is 10.4. The monoisotopic (exact) mass is 413 g/mol. The summed E-state index contributed by atoms with van der Waals surface area (Å²) in [7, 11) is 0. The molecule has 7 heteroatoms. The molecule has 3 rings (SSSR count). The second-order valence-corrected chi connectivity index (χ2v) is 8.60. The fraction of sp³-hybridized carbons (Fsp3) is 0.500. The first kappa shape index (κ1) is 21.3. The lowest BCUT2D eigenvalue weighted by atomic mass is 9.99. The maximum atomic E-state index is 12.6. The van der Waals surface area contributed by atoms with E-state index in [9.17, 15) is 4.79 Å². The lowest BCUT2D eigenvalue weighted by Crippen LogP contribution is -2.39. The average molecular weight is 414 g/mol. The molecule has 0 saturated carbocycles. The van der Waals surface area contributed by atoms with Gasteiger partial charge in [0.15, 0.2) is 5.96 Å². The van der Waals surface area contributed by atoms with Crippen LogP contribution in [0.5, 0.6) is 0 Å². The summed E-state index contributed by atoms with van der Waals surface area (Å²) in [4.78, 5) is 24.9. The van der Waals surface area contributed by atoms with Gasteiger partial charge in [0.1, 0.15) is 5.01 Å². The zero-order valence-electron chi connectivity index (χ0n) is 17.6. The Bertz CT molecular complexity index is 841. The standard InChI is InChI=1S/C22H31N5OS/c1-4-23-22(25-14-20-26-16(2)17(3)29-20)24-12-7-10-21(28)27-13-11-18-8-5-6-9-19(18)15-27/h5-6,8-9H,4,7,10-15H2,1-3H3,(H2,23,24,25). The summed E-state index contributed by atoms with van der Waals surface area (Å²) in [5.74, 6) is 1.01. The smallest absolute Gasteiger partial charge is 0.222 e. The summed E-state index contributed by atoms with van der Waals surface area (Å²) in [5.41, 5.74) is 3.73. The molecule has 0 unspecified atom stereocenters. The number of guanidine groups is 1. The number of benzene rings is 1. The molecule has 1 aromatic heterocycles. The maximum absolute atomic E-state index is 12.6. The van der Waals surface area contributed by atoms with Gasteiger partial charge in [-0.2, -0.15) is 0 Å². The highest BCUT2D eigenvalue weighted by molar-refractivity contribution is 7.11. The molecule has 1 aromatic carbocycles. The van der Waals surface area contributed by atoms with Crippen LogP contribution in [-0.2, 0) is 24.3 Å². The molecule has 1 aliphatic rings. The third kappa shape index (κ3) is 6.03. The van der Waals surface area contributed by atoms with E-state index in [0.29, 0.717) is 13.0 Å². The van der Waals surface area contributed by atoms with Gasteiger partial charge >= 0.3 is 0 Å². The highest BCUT2D eigenvalue weighted by atomic mass is 32.1. The molecule has 0 bridgehead atoms. The molecule has 0 aliphatic carbocycles. The molecule has 156 valence electrons. The van der Waals surface area contributed by atoms with Crippen molar-refractivity contribution in [2.75, 3.05) is 19.6 Å². The van der Waals surface area contributed by atoms with Gasteiger partial charge in [0.05, 0.1) is 12.2 Å². The Balaban J connectivity index is 1.43. The van der Waals surface area contributed by atoms with Crippen LogP contribution in [-0.4, -0.2) is 41.4 Å². The quantitative estimate of drug-likeness (QED) is 0.416. The van der Waals surface area contributed by atoms with Gasteiger partial charge in [0.2, 0.25) is 5.91 Å². The van der Waals surface area contributed by atoms with Crippen LogP contribution in [0.15, 0.2) is 29.3 Å². The Morgan fingerprint density at radius 3 is 2.76 bits per heavy atom. The minimum atomic E-state index is 0.233. The van der Waals surface area contributed by atoms with Crippen molar-refractivity contribution in [1.29, 1.82) is 0 Å². The predicted molar refractivity (Wildman–Crippen MR) is 119 cm³/mol. The van der Waals surface area contributed by atoms with Crippen LogP contribution < -0.4 is 10.6 Å². The largest absolute Gasteiger partial charge is 0.357 e. The number of amides is 1. The number of hydrogen-bond donors (Lipinski definition) is 2. The Labute approximate surface area is 177 Å². The normalized spacial score (nSPS) is 13.9. The summed E-state index contributed by atoms with van der Waals surface area (Å²) in [5, 5.41) is 7.61. The van der Waals surface area contributed by atoms with E-state index in [1.165, 1.54) is 16.0 Å². The second kappa shape index (κ2) is 10.4. The zero-order valence-corrected chi connectivity index (χ0v) is 18.4. The topological polar surface area (TPSA) is 69.6 Å². The summed E-state index contributed by atoms with van der Waals surface area (Å²) >= 11 is 1.69. The van der Waals surface area contributed by atoms with Gasteiger partial charge in [-0.3, -0.25) is 4.79 Å². The van der Waals surface area contributed by atoms with Crippen molar-refractivity contribution in [3.8, 4) is 0 Å². The van der Waals surface area contributed by atoms with E-state index < -0.39 is 0 Å². The van der Waals surface area contributed by atoms with Gasteiger partial charge in [0.25, 0.3) is 0 Å². The molecule has 29 heavy (non-hydrogen) atoms. The Kier molecular flexibility index (Phi) is 7.63. The van der Waals surface area contributed by atoms with Crippen LogP contribution in [0, 0.1) is 13.8 Å². The van der Waals surface area contributed by atoms with Gasteiger partial charge in [-0.1, -0.05) is 24.3 Å². The van der Waals surface area contributed by atoms with E-state index in [2.05, 4.69) is 45.7 Å². The minimum Gasteiger partial charge on any atom is -0.357 e. The fourth-order valence-corrected chi connectivity index (χ4v) is 4.27. The molecule has 1 amide bonds. The molecule has 2 heterocycles. The number of aliphatic imine (C=N–C) groups is 1. The molecular weight excluding hydrogens is 382 g/mol. The van der Waals surface area contributed by atoms with Crippen molar-refractivity contribution in [2.24, 2.45) is 4.99 Å². The van der Waals surface area contributed by atoms with Crippen LogP contribution >= 0.6 is 11.3 Å². The van der Waals surface area contributed by atoms with Crippen LogP contribution in [0.1, 0.15) is 46.5 Å². The number of hydrogen-bond acceptors (Lipinski definition) is 4. The number of aromatic nitrogens is 1. The number of carbonyl (C=O) groups excluding carboxylic acids is 1. The van der Waals surface area contributed by atoms with Gasteiger partial charge < -0.3 is 15.5 Å². The van der Waals surface area contributed by atoms with Gasteiger partial charge in [-0.25, -0.2) is 9.98 Å². The highest BCUT2D eigenvalue weighted by Crippen LogP contribution is 2.19. The number of nitrogens with one attached hydrogen (secondary N) is 2. The number of nitrogens with zero attached hydrogens (tertiary/aromatic N) is 3. The Morgan fingerprint density at radius 2 is 2.03 bits per heavy atom. The SMILES string of the molecule is CCNC(=NCc1nc(C)c(C)s1)NCCCC(=O)N1CCc2ccccc2C1. The molecule has 0 atom stereocenters. The third-order valence-electron chi connectivity index (χ3n) is 5.13. The molecule has 0 radical (unpaired) electrons. The van der Waals surface area contributed by atoms with Crippen LogP contribution in [0.2, 0.25) is 0 Å². The number of rotatable bonds is 7. The maximum Gasteiger partial charge on any atom is 0.222 e. The Hall–Kier alpha value is -2.41. The van der Waals surface area contributed by atoms with Crippen molar-refractivity contribution in [3.63, 3.8) is 0 Å². The predicted octanol–water partition coefficient (Wildman–Crippen LogP) is 3.18. The molecule has 0 fully saturated rings.